The maximum Gasteiger partial charge on any atom is 0.215 e. The lowest BCUT2D eigenvalue weighted by Crippen LogP contribution is -2.19. The number of benzene rings is 2. The van der Waals surface area contributed by atoms with E-state index in [-0.39, 0.29) is 5.88 Å². The maximum atomic E-state index is 10.7. The molecule has 0 fully saturated rings. The average molecular weight is 365 g/mol. The van der Waals surface area contributed by atoms with Gasteiger partial charge in [-0.2, -0.15) is 0 Å². The fourth-order valence-electron chi connectivity index (χ4n) is 2.68. The van der Waals surface area contributed by atoms with Crippen LogP contribution in [0.2, 0.25) is 0 Å². The van der Waals surface area contributed by atoms with E-state index in [1.54, 1.807) is 10.6 Å². The van der Waals surface area contributed by atoms with Crippen molar-refractivity contribution >= 4 is 29.6 Å². The van der Waals surface area contributed by atoms with Crippen LogP contribution < -0.4 is 10.7 Å². The van der Waals surface area contributed by atoms with Gasteiger partial charge in [-0.1, -0.05) is 18.2 Å². The van der Waals surface area contributed by atoms with Crippen molar-refractivity contribution in [3.63, 3.8) is 0 Å². The summed E-state index contributed by atoms with van der Waals surface area (Å²) in [5.74, 6) is 0.687. The minimum absolute atomic E-state index is 0.118. The largest absolute Gasteiger partial charge is 0.493 e. The first-order valence-electron chi connectivity index (χ1n) is 7.79. The topological polar surface area (TPSA) is 49.9 Å². The molecule has 1 N–H and O–H groups in total. The molecule has 124 valence electrons. The summed E-state index contributed by atoms with van der Waals surface area (Å²) < 4.78 is 2.27. The Kier molecular flexibility index (Phi) is 3.86. The quantitative estimate of drug-likeness (QED) is 0.702. The van der Waals surface area contributed by atoms with Gasteiger partial charge < -0.3 is 5.11 Å². The number of nitrogens with zero attached hydrogens (tertiary/aromatic N) is 3. The van der Waals surface area contributed by atoms with Gasteiger partial charge in [0, 0.05) is 6.08 Å². The lowest BCUT2D eigenvalue weighted by Gasteiger charge is -2.07. The lowest BCUT2D eigenvalue weighted by atomic mass is 10.1. The van der Waals surface area contributed by atoms with Crippen LogP contribution in [0.4, 0.5) is 0 Å². The molecular formula is C19H15N3OS2. The molecule has 0 spiro atoms. The second-order valence-corrected chi connectivity index (χ2v) is 7.55. The molecule has 0 radical (unpaired) electrons. The molecule has 2 heterocycles. The third-order valence-electron chi connectivity index (χ3n) is 4.17. The lowest BCUT2D eigenvalue weighted by molar-refractivity contribution is 0.441. The van der Waals surface area contributed by atoms with Crippen LogP contribution in [0, 0.1) is 17.8 Å². The van der Waals surface area contributed by atoms with E-state index in [4.69, 9.17) is 12.2 Å². The first-order valence-corrected chi connectivity index (χ1v) is 9.02. The van der Waals surface area contributed by atoms with Crippen molar-refractivity contribution in [1.82, 2.24) is 4.57 Å². The maximum absolute atomic E-state index is 10.7. The predicted octanol–water partition coefficient (Wildman–Crippen LogP) is 3.84. The van der Waals surface area contributed by atoms with Gasteiger partial charge >= 0.3 is 0 Å². The molecular weight excluding hydrogens is 350 g/mol. The number of rotatable bonds is 2. The number of aromatic hydroxyl groups is 1. The van der Waals surface area contributed by atoms with Crippen molar-refractivity contribution < 1.29 is 5.11 Å². The van der Waals surface area contributed by atoms with Crippen molar-refractivity contribution in [2.45, 2.75) is 13.8 Å². The fourth-order valence-corrected chi connectivity index (χ4v) is 3.95. The molecule has 0 amide bonds. The SMILES string of the molecule is Cc1ccc(-n2c(O)c(C=C3N=c4ccccc4=N3)sc2=S)cc1C. The number of hydrogen-bond donors (Lipinski definition) is 1. The van der Waals surface area contributed by atoms with Gasteiger partial charge in [-0.25, -0.2) is 9.98 Å². The fraction of sp³-hybridized carbons (Fsp3) is 0.105. The summed E-state index contributed by atoms with van der Waals surface area (Å²) in [6.07, 6.45) is 1.77. The van der Waals surface area contributed by atoms with E-state index >= 15 is 0 Å². The second kappa shape index (κ2) is 6.06. The Morgan fingerprint density at radius 2 is 1.72 bits per heavy atom. The summed E-state index contributed by atoms with van der Waals surface area (Å²) in [6.45, 7) is 4.10. The molecule has 2 aromatic carbocycles. The second-order valence-electron chi connectivity index (χ2n) is 5.87. The van der Waals surface area contributed by atoms with Crippen LogP contribution in [0.5, 0.6) is 5.88 Å². The smallest absolute Gasteiger partial charge is 0.215 e. The predicted molar refractivity (Wildman–Crippen MR) is 102 cm³/mol. The molecule has 0 atom stereocenters. The molecule has 1 aromatic heterocycles. The first kappa shape index (κ1) is 15.9. The van der Waals surface area contributed by atoms with E-state index in [0.717, 1.165) is 22.0 Å². The third kappa shape index (κ3) is 2.83. The van der Waals surface area contributed by atoms with E-state index in [1.807, 2.05) is 49.4 Å². The number of fused-ring (bicyclic) bond motifs is 1. The van der Waals surface area contributed by atoms with Crippen LogP contribution in [0.15, 0.2) is 58.3 Å². The number of para-hydroxylation sites is 2. The third-order valence-corrected chi connectivity index (χ3v) is 5.48. The number of aromatic nitrogens is 1. The molecule has 0 aliphatic carbocycles. The summed E-state index contributed by atoms with van der Waals surface area (Å²) in [5.41, 5.74) is 3.21. The van der Waals surface area contributed by atoms with E-state index in [2.05, 4.69) is 16.9 Å². The highest BCUT2D eigenvalue weighted by molar-refractivity contribution is 7.73. The summed E-state index contributed by atoms with van der Waals surface area (Å²) in [6, 6.07) is 13.7. The minimum atomic E-state index is 0.118. The summed E-state index contributed by atoms with van der Waals surface area (Å²) in [7, 11) is 0. The van der Waals surface area contributed by atoms with Crippen LogP contribution >= 0.6 is 23.6 Å². The number of thiazole rings is 1. The van der Waals surface area contributed by atoms with Crippen LogP contribution in [0.1, 0.15) is 16.0 Å². The van der Waals surface area contributed by atoms with Gasteiger partial charge in [-0.15, -0.1) is 11.3 Å². The molecule has 4 rings (SSSR count). The highest BCUT2D eigenvalue weighted by atomic mass is 32.1. The Balaban J connectivity index is 1.81. The Bertz CT molecular complexity index is 1170. The number of aryl methyl sites for hydroxylation is 2. The molecule has 3 aromatic rings. The highest BCUT2D eigenvalue weighted by Gasteiger charge is 2.14. The molecule has 0 bridgehead atoms. The molecule has 4 nitrogen and oxygen atoms in total. The van der Waals surface area contributed by atoms with Gasteiger partial charge in [0.05, 0.1) is 21.3 Å². The van der Waals surface area contributed by atoms with Crippen LogP contribution in [0.3, 0.4) is 0 Å². The molecule has 1 aliphatic heterocycles. The van der Waals surface area contributed by atoms with Gasteiger partial charge in [-0.05, 0) is 61.5 Å². The molecule has 25 heavy (non-hydrogen) atoms. The van der Waals surface area contributed by atoms with Gasteiger partial charge in [0.1, 0.15) is 0 Å². The van der Waals surface area contributed by atoms with Crippen molar-refractivity contribution in [1.29, 1.82) is 0 Å². The van der Waals surface area contributed by atoms with E-state index in [1.165, 1.54) is 16.9 Å². The Labute approximate surface area is 153 Å². The summed E-state index contributed by atoms with van der Waals surface area (Å²) in [4.78, 5) is 9.60. The summed E-state index contributed by atoms with van der Waals surface area (Å²) in [5, 5.41) is 12.4. The summed E-state index contributed by atoms with van der Waals surface area (Å²) >= 11 is 6.80. The van der Waals surface area contributed by atoms with E-state index in [9.17, 15) is 5.11 Å². The van der Waals surface area contributed by atoms with E-state index in [0.29, 0.717) is 14.7 Å². The number of hydrogen-bond acceptors (Lipinski definition) is 5. The molecule has 0 saturated heterocycles. The zero-order valence-corrected chi connectivity index (χ0v) is 15.4. The Morgan fingerprint density at radius 3 is 2.36 bits per heavy atom. The van der Waals surface area contributed by atoms with Crippen LogP contribution in [-0.2, 0) is 0 Å². The van der Waals surface area contributed by atoms with Gasteiger partial charge in [-0.3, -0.25) is 4.57 Å². The zero-order chi connectivity index (χ0) is 17.6. The van der Waals surface area contributed by atoms with Gasteiger partial charge in [0.2, 0.25) is 5.88 Å². The van der Waals surface area contributed by atoms with Crippen molar-refractivity contribution in [2.24, 2.45) is 9.98 Å². The molecule has 0 saturated carbocycles. The standard InChI is InChI=1S/C19H15N3OS2/c1-11-7-8-13(9-12(11)2)22-18(23)16(25-19(22)24)10-17-20-14-5-3-4-6-15(14)21-17/h3-10,23H,1-2H3. The van der Waals surface area contributed by atoms with Gasteiger partial charge in [0.15, 0.2) is 9.78 Å². The van der Waals surface area contributed by atoms with Crippen molar-refractivity contribution in [3.05, 3.63) is 79.0 Å². The van der Waals surface area contributed by atoms with Crippen LogP contribution in [-0.4, -0.2) is 9.67 Å². The van der Waals surface area contributed by atoms with Crippen molar-refractivity contribution in [2.75, 3.05) is 0 Å². The van der Waals surface area contributed by atoms with E-state index < -0.39 is 0 Å². The first-order chi connectivity index (χ1) is 12.0. The molecule has 1 aliphatic rings. The Hall–Kier alpha value is -2.57. The van der Waals surface area contributed by atoms with Crippen LogP contribution in [0.25, 0.3) is 11.8 Å². The minimum Gasteiger partial charge on any atom is -0.493 e. The monoisotopic (exact) mass is 365 g/mol. The molecule has 6 heteroatoms. The molecule has 0 unspecified atom stereocenters. The Morgan fingerprint density at radius 1 is 1.04 bits per heavy atom. The van der Waals surface area contributed by atoms with Gasteiger partial charge in [0.25, 0.3) is 0 Å². The normalized spacial score (nSPS) is 12.5. The average Bonchev–Trinajstić information content (AvgIpc) is 3.11. The highest BCUT2D eigenvalue weighted by Crippen LogP contribution is 2.32. The zero-order valence-electron chi connectivity index (χ0n) is 13.7. The van der Waals surface area contributed by atoms with Crippen molar-refractivity contribution in [3.8, 4) is 11.6 Å².